The van der Waals surface area contributed by atoms with Gasteiger partial charge in [0.15, 0.2) is 0 Å². The monoisotopic (exact) mass is 516 g/mol. The molecule has 0 spiro atoms. The number of alkyl halides is 3. The van der Waals surface area contributed by atoms with Crippen molar-refractivity contribution in [3.05, 3.63) is 88.4 Å². The second-order valence-corrected chi connectivity index (χ2v) is 9.47. The molecule has 4 nitrogen and oxygen atoms in total. The number of nitrogens with one attached hydrogen (secondary N) is 1. The molecule has 1 heterocycles. The maximum atomic E-state index is 13.4. The van der Waals surface area contributed by atoms with Crippen LogP contribution in [-0.4, -0.2) is 43.6 Å². The van der Waals surface area contributed by atoms with Gasteiger partial charge in [0, 0.05) is 30.2 Å². The number of hydrogen-bond donors (Lipinski definition) is 1. The molecule has 1 N–H and O–H groups in total. The average molecular weight is 517 g/mol. The van der Waals surface area contributed by atoms with Crippen LogP contribution in [0.15, 0.2) is 66.7 Å². The minimum atomic E-state index is -4.44. The molecule has 1 amide bonds. The highest BCUT2D eigenvalue weighted by Crippen LogP contribution is 2.35. The lowest BCUT2D eigenvalue weighted by atomic mass is 9.95. The molecule has 8 heteroatoms. The number of halogens is 4. The van der Waals surface area contributed by atoms with Crippen LogP contribution in [0, 0.1) is 0 Å². The van der Waals surface area contributed by atoms with E-state index in [1.807, 2.05) is 18.2 Å². The Morgan fingerprint density at radius 1 is 1.06 bits per heavy atom. The quantitative estimate of drug-likeness (QED) is 0.391. The molecule has 0 saturated carbocycles. The summed E-state index contributed by atoms with van der Waals surface area (Å²) in [5.41, 5.74) is 1.72. The fourth-order valence-electron chi connectivity index (χ4n) is 4.29. The molecule has 3 aromatic rings. The summed E-state index contributed by atoms with van der Waals surface area (Å²) in [6, 6.07) is 17.4. The van der Waals surface area contributed by atoms with Crippen LogP contribution in [0.1, 0.15) is 34.3 Å². The first-order valence-electron chi connectivity index (χ1n) is 11.9. The van der Waals surface area contributed by atoms with Gasteiger partial charge in [0.25, 0.3) is 5.91 Å². The molecule has 1 aliphatic heterocycles. The van der Waals surface area contributed by atoms with E-state index in [2.05, 4.69) is 17.3 Å². The average Bonchev–Trinajstić information content (AvgIpc) is 2.86. The Bertz CT molecular complexity index is 1190. The summed E-state index contributed by atoms with van der Waals surface area (Å²) in [7, 11) is 2.07. The number of benzene rings is 3. The smallest absolute Gasteiger partial charge is 0.416 e. The first kappa shape index (κ1) is 26.0. The molecule has 36 heavy (non-hydrogen) atoms. The maximum absolute atomic E-state index is 13.4. The van der Waals surface area contributed by atoms with Crippen molar-refractivity contribution in [3.8, 4) is 16.9 Å². The van der Waals surface area contributed by atoms with Gasteiger partial charge < -0.3 is 15.0 Å². The molecule has 4 rings (SSSR count). The Kier molecular flexibility index (Phi) is 8.21. The van der Waals surface area contributed by atoms with Gasteiger partial charge in [-0.05, 0) is 91.5 Å². The molecular weight excluding hydrogens is 489 g/mol. The number of rotatable bonds is 7. The second kappa shape index (κ2) is 11.4. The van der Waals surface area contributed by atoms with E-state index in [0.29, 0.717) is 40.4 Å². The fourth-order valence-corrected chi connectivity index (χ4v) is 4.41. The number of ether oxygens (including phenoxy) is 1. The van der Waals surface area contributed by atoms with Crippen molar-refractivity contribution < 1.29 is 22.7 Å². The molecule has 0 aromatic heterocycles. The lowest BCUT2D eigenvalue weighted by Crippen LogP contribution is -2.35. The Labute approximate surface area is 214 Å². The van der Waals surface area contributed by atoms with E-state index in [1.165, 1.54) is 6.07 Å². The molecule has 0 unspecified atom stereocenters. The minimum absolute atomic E-state index is 0.0695. The number of carbonyl (C=O) groups excluding carboxylic acids is 1. The van der Waals surface area contributed by atoms with Crippen molar-refractivity contribution >= 4 is 17.5 Å². The maximum Gasteiger partial charge on any atom is 0.416 e. The van der Waals surface area contributed by atoms with E-state index in [-0.39, 0.29) is 12.0 Å². The van der Waals surface area contributed by atoms with E-state index in [0.717, 1.165) is 43.6 Å². The SMILES string of the molecule is CN1CCC(Oc2ccc(CCNC(=O)c3ccc(Cl)cc3)c(-c3cccc(C(F)(F)F)c3)c2)CC1. The zero-order valence-electron chi connectivity index (χ0n) is 19.9. The second-order valence-electron chi connectivity index (χ2n) is 9.03. The highest BCUT2D eigenvalue weighted by molar-refractivity contribution is 6.30. The van der Waals surface area contributed by atoms with Gasteiger partial charge >= 0.3 is 6.18 Å². The third kappa shape index (κ3) is 6.80. The largest absolute Gasteiger partial charge is 0.490 e. The van der Waals surface area contributed by atoms with Gasteiger partial charge in [0.2, 0.25) is 0 Å². The number of nitrogens with zero attached hydrogens (tertiary/aromatic N) is 1. The predicted molar refractivity (Wildman–Crippen MR) is 136 cm³/mol. The minimum Gasteiger partial charge on any atom is -0.490 e. The lowest BCUT2D eigenvalue weighted by molar-refractivity contribution is -0.137. The lowest BCUT2D eigenvalue weighted by Gasteiger charge is -2.29. The van der Waals surface area contributed by atoms with Gasteiger partial charge in [-0.25, -0.2) is 0 Å². The molecule has 0 radical (unpaired) electrons. The van der Waals surface area contributed by atoms with Crippen LogP contribution in [-0.2, 0) is 12.6 Å². The first-order chi connectivity index (χ1) is 17.2. The highest BCUT2D eigenvalue weighted by atomic mass is 35.5. The summed E-state index contributed by atoms with van der Waals surface area (Å²) in [4.78, 5) is 14.7. The van der Waals surface area contributed by atoms with Gasteiger partial charge in [0.1, 0.15) is 11.9 Å². The molecule has 0 aliphatic carbocycles. The van der Waals surface area contributed by atoms with E-state index in [9.17, 15) is 18.0 Å². The standard InChI is InChI=1S/C28H28ClF3N2O2/c1-34-15-12-24(13-16-34)36-25-10-7-19(11-14-33-27(35)20-5-8-23(29)9-6-20)26(18-25)21-3-2-4-22(17-21)28(30,31)32/h2-10,17-18,24H,11-16H2,1H3,(H,33,35). The third-order valence-corrected chi connectivity index (χ3v) is 6.59. The van der Waals surface area contributed by atoms with Crippen LogP contribution in [0.2, 0.25) is 5.02 Å². The van der Waals surface area contributed by atoms with Crippen molar-refractivity contribution in [3.63, 3.8) is 0 Å². The van der Waals surface area contributed by atoms with Crippen LogP contribution in [0.3, 0.4) is 0 Å². The van der Waals surface area contributed by atoms with Crippen molar-refractivity contribution in [1.82, 2.24) is 10.2 Å². The van der Waals surface area contributed by atoms with Gasteiger partial charge in [-0.1, -0.05) is 29.8 Å². The molecule has 190 valence electrons. The zero-order valence-corrected chi connectivity index (χ0v) is 20.7. The van der Waals surface area contributed by atoms with E-state index in [1.54, 1.807) is 30.3 Å². The summed E-state index contributed by atoms with van der Waals surface area (Å²) in [5.74, 6) is 0.389. The number of carbonyl (C=O) groups is 1. The van der Waals surface area contributed by atoms with Gasteiger partial charge in [0.05, 0.1) is 5.56 Å². The Morgan fingerprint density at radius 3 is 2.47 bits per heavy atom. The summed E-state index contributed by atoms with van der Waals surface area (Å²) in [6.07, 6.45) is -2.13. The van der Waals surface area contributed by atoms with E-state index >= 15 is 0 Å². The summed E-state index contributed by atoms with van der Waals surface area (Å²) in [6.45, 7) is 2.20. The summed E-state index contributed by atoms with van der Waals surface area (Å²) < 4.78 is 46.4. The Hall–Kier alpha value is -3.03. The number of likely N-dealkylation sites (tertiary alicyclic amines) is 1. The molecule has 1 aliphatic rings. The molecule has 3 aromatic carbocycles. The molecule has 0 atom stereocenters. The normalized spacial score (nSPS) is 15.0. The van der Waals surface area contributed by atoms with Crippen molar-refractivity contribution in [1.29, 1.82) is 0 Å². The fraction of sp³-hybridized carbons (Fsp3) is 0.321. The third-order valence-electron chi connectivity index (χ3n) is 6.34. The topological polar surface area (TPSA) is 41.6 Å². The van der Waals surface area contributed by atoms with Gasteiger partial charge in [-0.15, -0.1) is 0 Å². The van der Waals surface area contributed by atoms with Crippen LogP contribution >= 0.6 is 11.6 Å². The van der Waals surface area contributed by atoms with Crippen molar-refractivity contribution in [2.75, 3.05) is 26.7 Å². The van der Waals surface area contributed by atoms with Gasteiger partial charge in [-0.2, -0.15) is 13.2 Å². The Balaban J connectivity index is 1.55. The van der Waals surface area contributed by atoms with Crippen LogP contribution < -0.4 is 10.1 Å². The van der Waals surface area contributed by atoms with Gasteiger partial charge in [-0.3, -0.25) is 4.79 Å². The van der Waals surface area contributed by atoms with Crippen LogP contribution in [0.25, 0.3) is 11.1 Å². The molecule has 0 bridgehead atoms. The highest BCUT2D eigenvalue weighted by Gasteiger charge is 2.30. The number of piperidine rings is 1. The predicted octanol–water partition coefficient (Wildman–Crippen LogP) is 6.47. The van der Waals surface area contributed by atoms with E-state index < -0.39 is 11.7 Å². The number of amides is 1. The molecular formula is C28H28ClF3N2O2. The van der Waals surface area contributed by atoms with Crippen molar-refractivity contribution in [2.24, 2.45) is 0 Å². The molecule has 1 saturated heterocycles. The van der Waals surface area contributed by atoms with E-state index in [4.69, 9.17) is 16.3 Å². The number of hydrogen-bond acceptors (Lipinski definition) is 3. The van der Waals surface area contributed by atoms with Crippen LogP contribution in [0.4, 0.5) is 13.2 Å². The summed E-state index contributed by atoms with van der Waals surface area (Å²) in [5, 5.41) is 3.41. The first-order valence-corrected chi connectivity index (χ1v) is 12.3. The van der Waals surface area contributed by atoms with Crippen molar-refractivity contribution in [2.45, 2.75) is 31.5 Å². The Morgan fingerprint density at radius 2 is 1.78 bits per heavy atom. The molecule has 1 fully saturated rings. The zero-order chi connectivity index (χ0) is 25.7. The van der Waals surface area contributed by atoms with Crippen LogP contribution in [0.5, 0.6) is 5.75 Å². The summed E-state index contributed by atoms with van der Waals surface area (Å²) >= 11 is 5.88.